The van der Waals surface area contributed by atoms with Crippen LogP contribution in [0.2, 0.25) is 5.15 Å². The fraction of sp³-hybridized carbons (Fsp3) is 0.182. The van der Waals surface area contributed by atoms with Crippen molar-refractivity contribution in [1.29, 1.82) is 0 Å². The summed E-state index contributed by atoms with van der Waals surface area (Å²) in [5, 5.41) is 8.43. The van der Waals surface area contributed by atoms with Crippen molar-refractivity contribution in [2.45, 2.75) is 12.5 Å². The number of nitrogens with zero attached hydrogens (tertiary/aromatic N) is 4. The summed E-state index contributed by atoms with van der Waals surface area (Å²) < 4.78 is 0. The van der Waals surface area contributed by atoms with Crippen LogP contribution in [0.25, 0.3) is 0 Å². The maximum Gasteiger partial charge on any atom is 0.317 e. The molecule has 3 heterocycles. The molecular formula is C22H20ClN7O3. The third-order valence-electron chi connectivity index (χ3n) is 5.15. The van der Waals surface area contributed by atoms with Crippen molar-refractivity contribution in [3.8, 4) is 0 Å². The van der Waals surface area contributed by atoms with Crippen LogP contribution >= 0.6 is 11.6 Å². The van der Waals surface area contributed by atoms with Gasteiger partial charge in [-0.25, -0.2) is 19.7 Å². The third kappa shape index (κ3) is 5.07. The molecule has 168 valence electrons. The largest absolute Gasteiger partial charge is 0.338 e. The summed E-state index contributed by atoms with van der Waals surface area (Å²) in [5.41, 5.74) is 1.63. The Morgan fingerprint density at radius 2 is 1.58 bits per heavy atom. The molecule has 0 radical (unpaired) electrons. The van der Waals surface area contributed by atoms with Gasteiger partial charge in [0.25, 0.3) is 11.8 Å². The number of carbonyl (C=O) groups excluding carboxylic acids is 3. The maximum absolute atomic E-state index is 12.8. The van der Waals surface area contributed by atoms with Crippen LogP contribution in [-0.2, 0) is 0 Å². The first kappa shape index (κ1) is 22.2. The molecule has 1 unspecified atom stereocenters. The molecule has 3 aromatic rings. The van der Waals surface area contributed by atoms with E-state index in [2.05, 4.69) is 30.9 Å². The molecule has 1 saturated heterocycles. The molecule has 0 aliphatic carbocycles. The Hall–Kier alpha value is -4.05. The molecule has 4 amide bonds. The highest BCUT2D eigenvalue weighted by atomic mass is 35.5. The zero-order valence-corrected chi connectivity index (χ0v) is 18.3. The summed E-state index contributed by atoms with van der Waals surface area (Å²) in [7, 11) is 1.75. The van der Waals surface area contributed by atoms with Gasteiger partial charge < -0.3 is 20.9 Å². The molecule has 3 N–H and O–H groups in total. The minimum atomic E-state index is -0.605. The first-order valence-corrected chi connectivity index (χ1v) is 10.5. The number of carbonyl (C=O) groups is 3. The number of nitrogens with one attached hydrogen (secondary N) is 3. The smallest absolute Gasteiger partial charge is 0.317 e. The molecule has 1 aliphatic heterocycles. The quantitative estimate of drug-likeness (QED) is 0.496. The Balaban J connectivity index is 1.47. The lowest BCUT2D eigenvalue weighted by Gasteiger charge is -2.33. The topological polar surface area (TPSA) is 129 Å². The van der Waals surface area contributed by atoms with Gasteiger partial charge in [0.05, 0.1) is 17.9 Å². The Bertz CT molecular complexity index is 1190. The molecule has 2 aromatic heterocycles. The minimum absolute atomic E-state index is 0.0406. The average molecular weight is 466 g/mol. The number of pyridine rings is 1. The number of rotatable bonds is 5. The molecule has 1 aromatic carbocycles. The predicted molar refractivity (Wildman–Crippen MR) is 122 cm³/mol. The minimum Gasteiger partial charge on any atom is -0.338 e. The van der Waals surface area contributed by atoms with Gasteiger partial charge in [0.2, 0.25) is 0 Å². The van der Waals surface area contributed by atoms with E-state index >= 15 is 0 Å². The van der Waals surface area contributed by atoms with Crippen LogP contribution in [0, 0.1) is 0 Å². The van der Waals surface area contributed by atoms with Crippen LogP contribution in [0.5, 0.6) is 0 Å². The molecular weight excluding hydrogens is 446 g/mol. The van der Waals surface area contributed by atoms with Gasteiger partial charge in [-0.1, -0.05) is 23.7 Å². The second-order valence-corrected chi connectivity index (χ2v) is 7.69. The zero-order valence-electron chi connectivity index (χ0n) is 17.6. The molecule has 1 atom stereocenters. The van der Waals surface area contributed by atoms with Gasteiger partial charge in [0.1, 0.15) is 5.15 Å². The van der Waals surface area contributed by atoms with Crippen molar-refractivity contribution in [3.05, 3.63) is 77.1 Å². The lowest BCUT2D eigenvalue weighted by atomic mass is 10.0. The van der Waals surface area contributed by atoms with E-state index in [-0.39, 0.29) is 28.6 Å². The Morgan fingerprint density at radius 1 is 0.970 bits per heavy atom. The maximum atomic E-state index is 12.8. The summed E-state index contributed by atoms with van der Waals surface area (Å²) in [6.07, 6.45) is 4.85. The number of halogens is 1. The van der Waals surface area contributed by atoms with Gasteiger partial charge in [-0.15, -0.1) is 0 Å². The number of hydrogen-bond acceptors (Lipinski definition) is 6. The number of anilines is 2. The van der Waals surface area contributed by atoms with Crippen LogP contribution in [0.3, 0.4) is 0 Å². The predicted octanol–water partition coefficient (Wildman–Crippen LogP) is 3.12. The molecule has 33 heavy (non-hydrogen) atoms. The summed E-state index contributed by atoms with van der Waals surface area (Å²) in [6, 6.07) is 10.1. The summed E-state index contributed by atoms with van der Waals surface area (Å²) in [5.74, 6) is -1.18. The van der Waals surface area contributed by atoms with Gasteiger partial charge in [-0.3, -0.25) is 9.59 Å². The zero-order chi connectivity index (χ0) is 23.4. The molecule has 0 spiro atoms. The van der Waals surface area contributed by atoms with Crippen molar-refractivity contribution in [2.75, 3.05) is 24.2 Å². The van der Waals surface area contributed by atoms with Gasteiger partial charge in [-0.2, -0.15) is 0 Å². The first-order chi connectivity index (χ1) is 15.9. The van der Waals surface area contributed by atoms with E-state index in [0.29, 0.717) is 17.9 Å². The highest BCUT2D eigenvalue weighted by molar-refractivity contribution is 6.29. The molecule has 1 fully saturated rings. The molecule has 1 aliphatic rings. The van der Waals surface area contributed by atoms with Crippen LogP contribution in [0.4, 0.5) is 16.2 Å². The molecule has 11 heteroatoms. The standard InChI is InChI=1S/C22H20ClN7O3/c1-30-16(8-9-26-22(30)33)13-2-4-14(5-3-13)28-20(31)18-19(25-11-10-24-18)21(32)29-15-6-7-17(23)27-12-15/h2-7,10-12,16H,8-9H2,1H3,(H,26,33)(H,28,31)(H,29,32). The normalized spacial score (nSPS) is 15.5. The number of hydrogen-bond donors (Lipinski definition) is 3. The second-order valence-electron chi connectivity index (χ2n) is 7.30. The fourth-order valence-corrected chi connectivity index (χ4v) is 3.57. The van der Waals surface area contributed by atoms with Crippen LogP contribution in [0.1, 0.15) is 39.0 Å². The average Bonchev–Trinajstić information content (AvgIpc) is 2.83. The van der Waals surface area contributed by atoms with E-state index in [1.807, 2.05) is 12.1 Å². The monoisotopic (exact) mass is 465 g/mol. The van der Waals surface area contributed by atoms with Crippen molar-refractivity contribution in [1.82, 2.24) is 25.2 Å². The third-order valence-corrected chi connectivity index (χ3v) is 5.37. The highest BCUT2D eigenvalue weighted by Gasteiger charge is 2.26. The van der Waals surface area contributed by atoms with Crippen LogP contribution in [0.15, 0.2) is 55.0 Å². The van der Waals surface area contributed by atoms with Gasteiger partial charge >= 0.3 is 6.03 Å². The van der Waals surface area contributed by atoms with E-state index in [4.69, 9.17) is 11.6 Å². The van der Waals surface area contributed by atoms with E-state index < -0.39 is 11.8 Å². The lowest BCUT2D eigenvalue weighted by Crippen LogP contribution is -2.45. The molecule has 0 saturated carbocycles. The van der Waals surface area contributed by atoms with E-state index in [1.54, 1.807) is 30.1 Å². The summed E-state index contributed by atoms with van der Waals surface area (Å²) in [6.45, 7) is 0.607. The van der Waals surface area contributed by atoms with Crippen molar-refractivity contribution >= 4 is 40.8 Å². The second kappa shape index (κ2) is 9.61. The van der Waals surface area contributed by atoms with Gasteiger partial charge in [0.15, 0.2) is 11.4 Å². The molecule has 0 bridgehead atoms. The number of amides is 4. The van der Waals surface area contributed by atoms with Crippen LogP contribution < -0.4 is 16.0 Å². The van der Waals surface area contributed by atoms with E-state index in [1.165, 1.54) is 24.7 Å². The number of urea groups is 1. The number of aromatic nitrogens is 3. The fourth-order valence-electron chi connectivity index (χ4n) is 3.46. The SMILES string of the molecule is CN1C(=O)NCCC1c1ccc(NC(=O)c2nccnc2C(=O)Nc2ccc(Cl)nc2)cc1. The van der Waals surface area contributed by atoms with Gasteiger partial charge in [-0.05, 0) is 36.2 Å². The Kier molecular flexibility index (Phi) is 6.45. The summed E-state index contributed by atoms with van der Waals surface area (Å²) in [4.78, 5) is 51.0. The Labute approximate surface area is 194 Å². The van der Waals surface area contributed by atoms with Gasteiger partial charge in [0, 0.05) is 31.7 Å². The van der Waals surface area contributed by atoms with Crippen molar-refractivity contribution in [3.63, 3.8) is 0 Å². The van der Waals surface area contributed by atoms with E-state index in [9.17, 15) is 14.4 Å². The molecule has 4 rings (SSSR count). The number of benzene rings is 1. The first-order valence-electron chi connectivity index (χ1n) is 10.1. The highest BCUT2D eigenvalue weighted by Crippen LogP contribution is 2.26. The lowest BCUT2D eigenvalue weighted by molar-refractivity contribution is 0.0983. The Morgan fingerprint density at radius 3 is 2.18 bits per heavy atom. The van der Waals surface area contributed by atoms with E-state index in [0.717, 1.165) is 12.0 Å². The van der Waals surface area contributed by atoms with Crippen molar-refractivity contribution in [2.24, 2.45) is 0 Å². The van der Waals surface area contributed by atoms with Crippen molar-refractivity contribution < 1.29 is 14.4 Å². The molecule has 10 nitrogen and oxygen atoms in total. The summed E-state index contributed by atoms with van der Waals surface area (Å²) >= 11 is 5.76. The van der Waals surface area contributed by atoms with Crippen LogP contribution in [-0.4, -0.2) is 51.3 Å².